The highest BCUT2D eigenvalue weighted by Crippen LogP contribution is 2.19. The Morgan fingerprint density at radius 1 is 1.48 bits per heavy atom. The zero-order valence-electron chi connectivity index (χ0n) is 11.9. The monoisotopic (exact) mass is 293 g/mol. The van der Waals surface area contributed by atoms with Gasteiger partial charge in [0.2, 0.25) is 5.91 Å². The summed E-state index contributed by atoms with van der Waals surface area (Å²) in [5.41, 5.74) is 0.746. The summed E-state index contributed by atoms with van der Waals surface area (Å²) in [5, 5.41) is 11.9. The average Bonchev–Trinajstić information content (AvgIpc) is 3.01. The minimum absolute atomic E-state index is 0.179. The minimum Gasteiger partial charge on any atom is -0.496 e. The fourth-order valence-corrected chi connectivity index (χ4v) is 2.32. The van der Waals surface area contributed by atoms with Crippen molar-refractivity contribution in [2.24, 2.45) is 5.92 Å². The molecule has 1 saturated heterocycles. The molecule has 0 aliphatic carbocycles. The Labute approximate surface area is 123 Å². The van der Waals surface area contributed by atoms with Gasteiger partial charge in [-0.1, -0.05) is 18.2 Å². The highest BCUT2D eigenvalue weighted by atomic mass is 16.5. The Kier molecular flexibility index (Phi) is 5.16. The number of hydrogen-bond donors (Lipinski definition) is 2. The SMILES string of the molecule is COc1ccccc1C[C@@H](NC(=O)[C@H]1CCOC1)C(=O)O. The van der Waals surface area contributed by atoms with Gasteiger partial charge in [0.15, 0.2) is 0 Å². The lowest BCUT2D eigenvalue weighted by Gasteiger charge is -2.18. The van der Waals surface area contributed by atoms with Crippen LogP contribution in [0, 0.1) is 5.92 Å². The number of benzene rings is 1. The van der Waals surface area contributed by atoms with Crippen molar-refractivity contribution in [3.05, 3.63) is 29.8 Å². The van der Waals surface area contributed by atoms with Crippen molar-refractivity contribution >= 4 is 11.9 Å². The number of carbonyl (C=O) groups is 2. The Hall–Kier alpha value is -2.08. The van der Waals surface area contributed by atoms with Gasteiger partial charge in [0.05, 0.1) is 19.6 Å². The van der Waals surface area contributed by atoms with Crippen molar-refractivity contribution in [3.8, 4) is 5.75 Å². The minimum atomic E-state index is -1.06. The molecular formula is C15H19NO5. The van der Waals surface area contributed by atoms with E-state index in [1.165, 1.54) is 7.11 Å². The molecule has 1 aliphatic rings. The van der Waals surface area contributed by atoms with Crippen LogP contribution in [-0.4, -0.2) is 43.3 Å². The molecule has 0 spiro atoms. The van der Waals surface area contributed by atoms with Crippen LogP contribution in [0.25, 0.3) is 0 Å². The van der Waals surface area contributed by atoms with Gasteiger partial charge < -0.3 is 19.9 Å². The zero-order valence-corrected chi connectivity index (χ0v) is 11.9. The molecule has 0 bridgehead atoms. The smallest absolute Gasteiger partial charge is 0.326 e. The standard InChI is InChI=1S/C15H19NO5/c1-20-13-5-3-2-4-10(13)8-12(15(18)19)16-14(17)11-6-7-21-9-11/h2-5,11-12H,6-9H2,1H3,(H,16,17)(H,18,19)/t11-,12+/m0/s1. The van der Waals surface area contributed by atoms with Crippen LogP contribution >= 0.6 is 0 Å². The molecule has 1 amide bonds. The molecule has 1 fully saturated rings. The molecule has 1 aliphatic heterocycles. The summed E-state index contributed by atoms with van der Waals surface area (Å²) in [4.78, 5) is 23.4. The first-order valence-electron chi connectivity index (χ1n) is 6.84. The van der Waals surface area contributed by atoms with Gasteiger partial charge in [-0.3, -0.25) is 4.79 Å². The summed E-state index contributed by atoms with van der Waals surface area (Å²) in [6.45, 7) is 0.898. The van der Waals surface area contributed by atoms with E-state index in [0.29, 0.717) is 25.4 Å². The first-order valence-corrected chi connectivity index (χ1v) is 6.84. The number of para-hydroxylation sites is 1. The third-order valence-corrected chi connectivity index (χ3v) is 3.53. The lowest BCUT2D eigenvalue weighted by molar-refractivity contribution is -0.142. The number of carboxylic acid groups (broad SMARTS) is 1. The van der Waals surface area contributed by atoms with Gasteiger partial charge in [0, 0.05) is 13.0 Å². The summed E-state index contributed by atoms with van der Waals surface area (Å²) < 4.78 is 10.4. The average molecular weight is 293 g/mol. The number of carboxylic acids is 1. The van der Waals surface area contributed by atoms with Gasteiger partial charge in [-0.25, -0.2) is 4.79 Å². The number of methoxy groups -OCH3 is 1. The van der Waals surface area contributed by atoms with Crippen LogP contribution in [0.4, 0.5) is 0 Å². The topological polar surface area (TPSA) is 84.9 Å². The molecule has 1 aromatic carbocycles. The molecule has 0 aromatic heterocycles. The van der Waals surface area contributed by atoms with E-state index in [1.54, 1.807) is 12.1 Å². The van der Waals surface area contributed by atoms with Crippen molar-refractivity contribution < 1.29 is 24.2 Å². The second kappa shape index (κ2) is 7.08. The molecule has 21 heavy (non-hydrogen) atoms. The number of ether oxygens (including phenoxy) is 2. The molecule has 6 nitrogen and oxygen atoms in total. The summed E-state index contributed by atoms with van der Waals surface area (Å²) >= 11 is 0. The molecule has 1 heterocycles. The van der Waals surface area contributed by atoms with Gasteiger partial charge in [0.1, 0.15) is 11.8 Å². The number of hydrogen-bond acceptors (Lipinski definition) is 4. The lowest BCUT2D eigenvalue weighted by atomic mass is 10.0. The van der Waals surface area contributed by atoms with Gasteiger partial charge in [0.25, 0.3) is 0 Å². The van der Waals surface area contributed by atoms with Crippen molar-refractivity contribution in [1.29, 1.82) is 0 Å². The second-order valence-corrected chi connectivity index (χ2v) is 4.98. The van der Waals surface area contributed by atoms with Crippen molar-refractivity contribution in [2.45, 2.75) is 18.9 Å². The molecule has 0 radical (unpaired) electrons. The largest absolute Gasteiger partial charge is 0.496 e. The molecule has 2 N–H and O–H groups in total. The predicted octanol–water partition coefficient (Wildman–Crippen LogP) is 0.844. The molecule has 1 aromatic rings. The first-order chi connectivity index (χ1) is 10.1. The van der Waals surface area contributed by atoms with E-state index >= 15 is 0 Å². The third kappa shape index (κ3) is 3.95. The van der Waals surface area contributed by atoms with Crippen molar-refractivity contribution in [1.82, 2.24) is 5.32 Å². The van der Waals surface area contributed by atoms with E-state index in [-0.39, 0.29) is 18.2 Å². The Balaban J connectivity index is 2.05. The number of rotatable bonds is 6. The molecule has 114 valence electrons. The fraction of sp³-hybridized carbons (Fsp3) is 0.467. The van der Waals surface area contributed by atoms with Crippen LogP contribution < -0.4 is 10.1 Å². The highest BCUT2D eigenvalue weighted by Gasteiger charge is 2.28. The van der Waals surface area contributed by atoms with Crippen molar-refractivity contribution in [2.75, 3.05) is 20.3 Å². The van der Waals surface area contributed by atoms with E-state index in [0.717, 1.165) is 5.56 Å². The van der Waals surface area contributed by atoms with Crippen LogP contribution in [-0.2, 0) is 20.7 Å². The maximum atomic E-state index is 12.0. The molecule has 2 atom stereocenters. The van der Waals surface area contributed by atoms with Crippen LogP contribution in [0.15, 0.2) is 24.3 Å². The Morgan fingerprint density at radius 2 is 2.24 bits per heavy atom. The maximum Gasteiger partial charge on any atom is 0.326 e. The van der Waals surface area contributed by atoms with E-state index in [4.69, 9.17) is 9.47 Å². The predicted molar refractivity (Wildman–Crippen MR) is 75.2 cm³/mol. The fourth-order valence-electron chi connectivity index (χ4n) is 2.32. The van der Waals surface area contributed by atoms with Gasteiger partial charge in [-0.2, -0.15) is 0 Å². The molecule has 6 heteroatoms. The van der Waals surface area contributed by atoms with E-state index in [1.807, 2.05) is 12.1 Å². The number of amides is 1. The van der Waals surface area contributed by atoms with Gasteiger partial charge in [-0.15, -0.1) is 0 Å². The molecular weight excluding hydrogens is 274 g/mol. The zero-order chi connectivity index (χ0) is 15.2. The van der Waals surface area contributed by atoms with Crippen LogP contribution in [0.3, 0.4) is 0 Å². The number of aliphatic carboxylic acids is 1. The summed E-state index contributed by atoms with van der Waals surface area (Å²) in [6.07, 6.45) is 0.811. The highest BCUT2D eigenvalue weighted by molar-refractivity contribution is 5.85. The Bertz CT molecular complexity index is 511. The van der Waals surface area contributed by atoms with Crippen LogP contribution in [0.2, 0.25) is 0 Å². The molecule has 0 unspecified atom stereocenters. The summed E-state index contributed by atoms with van der Waals surface area (Å²) in [7, 11) is 1.53. The van der Waals surface area contributed by atoms with Crippen LogP contribution in [0.1, 0.15) is 12.0 Å². The summed E-state index contributed by atoms with van der Waals surface area (Å²) in [6, 6.07) is 6.20. The van der Waals surface area contributed by atoms with E-state index < -0.39 is 12.0 Å². The Morgan fingerprint density at radius 3 is 2.86 bits per heavy atom. The maximum absolute atomic E-state index is 12.0. The van der Waals surface area contributed by atoms with Crippen LogP contribution in [0.5, 0.6) is 5.75 Å². The summed E-state index contributed by atoms with van der Waals surface area (Å²) in [5.74, 6) is -0.977. The van der Waals surface area contributed by atoms with Gasteiger partial charge in [-0.05, 0) is 18.1 Å². The lowest BCUT2D eigenvalue weighted by Crippen LogP contribution is -2.45. The molecule has 2 rings (SSSR count). The third-order valence-electron chi connectivity index (χ3n) is 3.53. The quantitative estimate of drug-likeness (QED) is 0.812. The number of carbonyl (C=O) groups excluding carboxylic acids is 1. The van der Waals surface area contributed by atoms with E-state index in [2.05, 4.69) is 5.32 Å². The number of nitrogens with one attached hydrogen (secondary N) is 1. The first kappa shape index (κ1) is 15.3. The normalized spacial score (nSPS) is 19.0. The second-order valence-electron chi connectivity index (χ2n) is 4.98. The van der Waals surface area contributed by atoms with Crippen molar-refractivity contribution in [3.63, 3.8) is 0 Å². The van der Waals surface area contributed by atoms with E-state index in [9.17, 15) is 14.7 Å². The molecule has 0 saturated carbocycles. The van der Waals surface area contributed by atoms with Gasteiger partial charge >= 0.3 is 5.97 Å².